The van der Waals surface area contributed by atoms with Crippen LogP contribution in [0.4, 0.5) is 8.78 Å². The van der Waals surface area contributed by atoms with Crippen molar-refractivity contribution >= 4 is 12.1 Å². The van der Waals surface area contributed by atoms with Crippen LogP contribution in [0.1, 0.15) is 16.1 Å². The fourth-order valence-electron chi connectivity index (χ4n) is 1.23. The van der Waals surface area contributed by atoms with E-state index in [0.717, 1.165) is 18.3 Å². The van der Waals surface area contributed by atoms with Gasteiger partial charge in [0.05, 0.1) is 12.5 Å². The number of benzene rings is 1. The maximum atomic E-state index is 13.2. The zero-order chi connectivity index (χ0) is 13.0. The van der Waals surface area contributed by atoms with Crippen LogP contribution >= 0.6 is 0 Å². The molecule has 1 aromatic heterocycles. The fraction of sp³-hybridized carbons (Fsp3) is 0. The third-order valence-corrected chi connectivity index (χ3v) is 2.08. The molecule has 0 spiro atoms. The molecule has 2 rings (SSSR count). The third-order valence-electron chi connectivity index (χ3n) is 2.08. The molecule has 1 N–H and O–H groups in total. The quantitative estimate of drug-likeness (QED) is 0.671. The second kappa shape index (κ2) is 5.22. The van der Waals surface area contributed by atoms with Crippen LogP contribution in [0.5, 0.6) is 0 Å². The number of nitrogens with one attached hydrogen (secondary N) is 1. The van der Waals surface area contributed by atoms with E-state index in [-0.39, 0.29) is 11.3 Å². The van der Waals surface area contributed by atoms with Crippen LogP contribution in [0.2, 0.25) is 0 Å². The number of hydrazone groups is 1. The molecular weight excluding hydrogens is 242 g/mol. The van der Waals surface area contributed by atoms with E-state index in [1.807, 2.05) is 0 Å². The van der Waals surface area contributed by atoms with Crippen molar-refractivity contribution in [2.45, 2.75) is 0 Å². The first kappa shape index (κ1) is 12.0. The lowest BCUT2D eigenvalue weighted by molar-refractivity contribution is 0.0927. The van der Waals surface area contributed by atoms with E-state index in [9.17, 15) is 13.6 Å². The summed E-state index contributed by atoms with van der Waals surface area (Å²) >= 11 is 0. The average molecular weight is 250 g/mol. The van der Waals surface area contributed by atoms with Gasteiger partial charge in [-0.2, -0.15) is 5.10 Å². The smallest absolute Gasteiger partial charge is 0.307 e. The molecule has 18 heavy (non-hydrogen) atoms. The van der Waals surface area contributed by atoms with Gasteiger partial charge in [-0.15, -0.1) is 0 Å². The van der Waals surface area contributed by atoms with Gasteiger partial charge in [0, 0.05) is 11.6 Å². The number of hydrogen-bond acceptors (Lipinski definition) is 3. The minimum absolute atomic E-state index is 0.0659. The Balaban J connectivity index is 2.01. The maximum Gasteiger partial charge on any atom is 0.307 e. The molecule has 0 unspecified atom stereocenters. The molecule has 1 heterocycles. The van der Waals surface area contributed by atoms with Gasteiger partial charge in [-0.05, 0) is 24.3 Å². The summed E-state index contributed by atoms with van der Waals surface area (Å²) in [7, 11) is 0. The summed E-state index contributed by atoms with van der Waals surface area (Å²) in [6, 6.07) is 6.06. The highest BCUT2D eigenvalue weighted by Crippen LogP contribution is 2.07. The Morgan fingerprint density at radius 3 is 2.83 bits per heavy atom. The molecule has 2 aromatic rings. The number of rotatable bonds is 3. The monoisotopic (exact) mass is 250 g/mol. The Bertz CT molecular complexity index is 580. The highest BCUT2D eigenvalue weighted by atomic mass is 19.1. The second-order valence-electron chi connectivity index (χ2n) is 3.34. The summed E-state index contributed by atoms with van der Waals surface area (Å²) < 4.78 is 30.6. The van der Waals surface area contributed by atoms with Crippen molar-refractivity contribution in [2.24, 2.45) is 5.10 Å². The molecule has 0 aliphatic rings. The van der Waals surface area contributed by atoms with E-state index < -0.39 is 17.5 Å². The molecule has 0 atom stereocenters. The molecule has 0 radical (unpaired) electrons. The third kappa shape index (κ3) is 2.79. The highest BCUT2D eigenvalue weighted by Gasteiger charge is 2.06. The molecule has 1 aromatic carbocycles. The van der Waals surface area contributed by atoms with Gasteiger partial charge >= 0.3 is 5.91 Å². The summed E-state index contributed by atoms with van der Waals surface area (Å²) in [6.07, 6.45) is 2.42. The van der Waals surface area contributed by atoms with Crippen LogP contribution in [0.3, 0.4) is 0 Å². The van der Waals surface area contributed by atoms with Crippen molar-refractivity contribution < 1.29 is 18.0 Å². The standard InChI is InChI=1S/C12H8F2N2O2/c13-9-4-3-8(10(14)6-9)7-15-16-12(17)11-2-1-5-18-11/h1-7H,(H,16,17)/b15-7-. The molecule has 0 aliphatic heterocycles. The number of amides is 1. The van der Waals surface area contributed by atoms with Crippen LogP contribution in [0.25, 0.3) is 0 Å². The van der Waals surface area contributed by atoms with Crippen LogP contribution in [0, 0.1) is 11.6 Å². The predicted octanol–water partition coefficient (Wildman–Crippen LogP) is 2.32. The molecule has 0 saturated carbocycles. The number of nitrogens with zero attached hydrogens (tertiary/aromatic N) is 1. The van der Waals surface area contributed by atoms with E-state index in [2.05, 4.69) is 10.5 Å². The predicted molar refractivity (Wildman–Crippen MR) is 60.1 cm³/mol. The number of halogens is 2. The number of hydrogen-bond donors (Lipinski definition) is 1. The Morgan fingerprint density at radius 2 is 2.17 bits per heavy atom. The van der Waals surface area contributed by atoms with Gasteiger partial charge in [0.25, 0.3) is 0 Å². The largest absolute Gasteiger partial charge is 0.459 e. The Morgan fingerprint density at radius 1 is 1.33 bits per heavy atom. The average Bonchev–Trinajstić information content (AvgIpc) is 2.85. The SMILES string of the molecule is O=C(N/N=C\c1ccc(F)cc1F)c1ccco1. The van der Waals surface area contributed by atoms with Crippen LogP contribution in [-0.2, 0) is 0 Å². The van der Waals surface area contributed by atoms with Crippen molar-refractivity contribution in [1.29, 1.82) is 0 Å². The molecule has 92 valence electrons. The first-order valence-corrected chi connectivity index (χ1v) is 4.99. The van der Waals surface area contributed by atoms with Gasteiger partial charge in [0.1, 0.15) is 11.6 Å². The highest BCUT2D eigenvalue weighted by molar-refractivity contribution is 5.92. The van der Waals surface area contributed by atoms with Crippen molar-refractivity contribution in [3.05, 3.63) is 59.6 Å². The van der Waals surface area contributed by atoms with Gasteiger partial charge in [0.2, 0.25) is 0 Å². The van der Waals surface area contributed by atoms with Crippen molar-refractivity contribution in [1.82, 2.24) is 5.43 Å². The van der Waals surface area contributed by atoms with E-state index in [0.29, 0.717) is 0 Å². The van der Waals surface area contributed by atoms with E-state index in [4.69, 9.17) is 4.42 Å². The molecule has 0 fully saturated rings. The first-order valence-electron chi connectivity index (χ1n) is 4.99. The van der Waals surface area contributed by atoms with Crippen molar-refractivity contribution in [3.8, 4) is 0 Å². The van der Waals surface area contributed by atoms with Crippen LogP contribution in [-0.4, -0.2) is 12.1 Å². The van der Waals surface area contributed by atoms with Gasteiger partial charge in [-0.1, -0.05) is 0 Å². The zero-order valence-corrected chi connectivity index (χ0v) is 9.06. The number of carbonyl (C=O) groups is 1. The molecular formula is C12H8F2N2O2. The normalized spacial score (nSPS) is 10.8. The van der Waals surface area contributed by atoms with Gasteiger partial charge in [-0.3, -0.25) is 4.79 Å². The Hall–Kier alpha value is -2.50. The van der Waals surface area contributed by atoms with Crippen LogP contribution < -0.4 is 5.43 Å². The Labute approximate surface area is 101 Å². The van der Waals surface area contributed by atoms with Gasteiger partial charge < -0.3 is 4.42 Å². The summed E-state index contributed by atoms with van der Waals surface area (Å²) in [4.78, 5) is 11.4. The summed E-state index contributed by atoms with van der Waals surface area (Å²) in [6.45, 7) is 0. The maximum absolute atomic E-state index is 13.2. The molecule has 0 saturated heterocycles. The van der Waals surface area contributed by atoms with Gasteiger partial charge in [-0.25, -0.2) is 14.2 Å². The topological polar surface area (TPSA) is 54.6 Å². The van der Waals surface area contributed by atoms with Gasteiger partial charge in [0.15, 0.2) is 5.76 Å². The second-order valence-corrected chi connectivity index (χ2v) is 3.34. The lowest BCUT2D eigenvalue weighted by Gasteiger charge is -1.97. The minimum atomic E-state index is -0.758. The van der Waals surface area contributed by atoms with Crippen LogP contribution in [0.15, 0.2) is 46.1 Å². The summed E-state index contributed by atoms with van der Waals surface area (Å²) in [5.41, 5.74) is 2.22. The minimum Gasteiger partial charge on any atom is -0.459 e. The fourth-order valence-corrected chi connectivity index (χ4v) is 1.23. The van der Waals surface area contributed by atoms with E-state index in [1.165, 1.54) is 18.4 Å². The summed E-state index contributed by atoms with van der Waals surface area (Å²) in [5.74, 6) is -1.90. The first-order chi connectivity index (χ1) is 8.66. The number of carbonyl (C=O) groups excluding carboxylic acids is 1. The molecule has 0 bridgehead atoms. The van der Waals surface area contributed by atoms with E-state index >= 15 is 0 Å². The van der Waals surface area contributed by atoms with E-state index in [1.54, 1.807) is 6.07 Å². The van der Waals surface area contributed by atoms with Crippen molar-refractivity contribution in [2.75, 3.05) is 0 Å². The molecule has 6 heteroatoms. The summed E-state index contributed by atoms with van der Waals surface area (Å²) in [5, 5.41) is 3.54. The number of furan rings is 1. The Kier molecular flexibility index (Phi) is 3.47. The molecule has 1 amide bonds. The van der Waals surface area contributed by atoms with Crippen molar-refractivity contribution in [3.63, 3.8) is 0 Å². The molecule has 4 nitrogen and oxygen atoms in total. The molecule has 0 aliphatic carbocycles. The lowest BCUT2D eigenvalue weighted by atomic mass is 10.2. The lowest BCUT2D eigenvalue weighted by Crippen LogP contribution is -2.16. The zero-order valence-electron chi connectivity index (χ0n) is 9.06.